The molecule has 27 heavy (non-hydrogen) atoms. The topological polar surface area (TPSA) is 75.7 Å². The number of nitrogens with zero attached hydrogens (tertiary/aromatic N) is 1. The van der Waals surface area contributed by atoms with Crippen LogP contribution in [0.4, 0.5) is 0 Å². The van der Waals surface area contributed by atoms with Crippen LogP contribution in [-0.4, -0.2) is 44.9 Å². The summed E-state index contributed by atoms with van der Waals surface area (Å²) in [5.41, 5.74) is 0. The van der Waals surface area contributed by atoms with Gasteiger partial charge in [0, 0.05) is 19.1 Å². The molecule has 2 rings (SSSR count). The largest absolute Gasteiger partial charge is 0.497 e. The van der Waals surface area contributed by atoms with Gasteiger partial charge in [-0.3, -0.25) is 4.79 Å². The van der Waals surface area contributed by atoms with E-state index in [2.05, 4.69) is 33.0 Å². The number of hydrogen-bond donors (Lipinski definition) is 1. The summed E-state index contributed by atoms with van der Waals surface area (Å²) in [5.74, 6) is 0.912. The van der Waals surface area contributed by atoms with Crippen LogP contribution in [0.5, 0.6) is 5.75 Å². The van der Waals surface area contributed by atoms with Crippen LogP contribution in [-0.2, 0) is 14.8 Å². The first-order valence-corrected chi connectivity index (χ1v) is 11.1. The van der Waals surface area contributed by atoms with E-state index in [0.717, 1.165) is 0 Å². The third-order valence-corrected chi connectivity index (χ3v) is 7.08. The minimum Gasteiger partial charge on any atom is -0.497 e. The van der Waals surface area contributed by atoms with Crippen molar-refractivity contribution in [2.24, 2.45) is 17.8 Å². The van der Waals surface area contributed by atoms with E-state index >= 15 is 0 Å². The lowest BCUT2D eigenvalue weighted by atomic mass is 9.91. The molecule has 0 aliphatic carbocycles. The monoisotopic (exact) mass is 396 g/mol. The Morgan fingerprint density at radius 1 is 1.15 bits per heavy atom. The second-order valence-electron chi connectivity index (χ2n) is 7.90. The average Bonchev–Trinajstić information content (AvgIpc) is 2.65. The number of carbonyl (C=O) groups excluding carboxylic acids is 1. The number of methoxy groups -OCH3 is 1. The molecule has 1 N–H and O–H groups in total. The van der Waals surface area contributed by atoms with Crippen LogP contribution in [0.3, 0.4) is 0 Å². The van der Waals surface area contributed by atoms with Gasteiger partial charge in [0.25, 0.3) is 0 Å². The van der Waals surface area contributed by atoms with Crippen molar-refractivity contribution in [2.45, 2.75) is 51.5 Å². The van der Waals surface area contributed by atoms with Crippen molar-refractivity contribution < 1.29 is 17.9 Å². The number of ether oxygens (including phenoxy) is 1. The van der Waals surface area contributed by atoms with Crippen molar-refractivity contribution in [1.29, 1.82) is 0 Å². The molecule has 0 spiro atoms. The van der Waals surface area contributed by atoms with E-state index in [1.807, 2.05) is 0 Å². The lowest BCUT2D eigenvalue weighted by Crippen LogP contribution is -2.49. The van der Waals surface area contributed by atoms with E-state index in [0.29, 0.717) is 37.0 Å². The minimum absolute atomic E-state index is 0.0444. The Labute approximate surface area is 163 Å². The molecular weight excluding hydrogens is 364 g/mol. The van der Waals surface area contributed by atoms with E-state index in [9.17, 15) is 13.2 Å². The van der Waals surface area contributed by atoms with Crippen molar-refractivity contribution in [3.8, 4) is 5.75 Å². The summed E-state index contributed by atoms with van der Waals surface area (Å²) in [4.78, 5) is 13.0. The number of rotatable bonds is 7. The standard InChI is InChI=1S/C20H32N2O4S/c1-14(2)19(15(3)4)21-20(23)16-7-6-12-22(13-16)27(24,25)18-10-8-17(26-5)9-11-18/h8-11,14-16,19H,6-7,12-13H2,1-5H3,(H,21,23). The van der Waals surface area contributed by atoms with Gasteiger partial charge < -0.3 is 10.1 Å². The van der Waals surface area contributed by atoms with E-state index < -0.39 is 10.0 Å². The second kappa shape index (κ2) is 9.06. The Balaban J connectivity index is 2.10. The Morgan fingerprint density at radius 2 is 1.74 bits per heavy atom. The van der Waals surface area contributed by atoms with Gasteiger partial charge in [-0.1, -0.05) is 27.7 Å². The third-order valence-electron chi connectivity index (χ3n) is 5.20. The van der Waals surface area contributed by atoms with Crippen molar-refractivity contribution in [3.63, 3.8) is 0 Å². The van der Waals surface area contributed by atoms with Crippen molar-refractivity contribution in [3.05, 3.63) is 24.3 Å². The third kappa shape index (κ3) is 5.23. The quantitative estimate of drug-likeness (QED) is 0.769. The predicted molar refractivity (Wildman–Crippen MR) is 106 cm³/mol. The van der Waals surface area contributed by atoms with E-state index in [-0.39, 0.29) is 29.3 Å². The number of piperidine rings is 1. The highest BCUT2D eigenvalue weighted by Gasteiger charge is 2.34. The molecule has 1 aromatic carbocycles. The molecule has 0 bridgehead atoms. The van der Waals surface area contributed by atoms with Gasteiger partial charge in [-0.25, -0.2) is 8.42 Å². The van der Waals surface area contributed by atoms with Crippen LogP contribution in [0.25, 0.3) is 0 Å². The highest BCUT2D eigenvalue weighted by Crippen LogP contribution is 2.25. The zero-order chi connectivity index (χ0) is 20.2. The molecule has 1 aromatic rings. The Kier molecular flexibility index (Phi) is 7.28. The SMILES string of the molecule is COc1ccc(S(=O)(=O)N2CCCC(C(=O)NC(C(C)C)C(C)C)C2)cc1. The molecule has 152 valence electrons. The maximum Gasteiger partial charge on any atom is 0.243 e. The fourth-order valence-electron chi connectivity index (χ4n) is 3.66. The molecular formula is C20H32N2O4S. The number of amides is 1. The van der Waals surface area contributed by atoms with Gasteiger partial charge in [-0.2, -0.15) is 4.31 Å². The molecule has 1 amide bonds. The predicted octanol–water partition coefficient (Wildman–Crippen LogP) is 2.89. The van der Waals surface area contributed by atoms with Crippen LogP contribution < -0.4 is 10.1 Å². The Hall–Kier alpha value is -1.60. The van der Waals surface area contributed by atoms with Gasteiger partial charge >= 0.3 is 0 Å². The normalized spacial score (nSPS) is 18.9. The van der Waals surface area contributed by atoms with Crippen LogP contribution in [0.2, 0.25) is 0 Å². The molecule has 0 radical (unpaired) electrons. The van der Waals surface area contributed by atoms with Gasteiger partial charge in [0.1, 0.15) is 5.75 Å². The Morgan fingerprint density at radius 3 is 2.26 bits per heavy atom. The van der Waals surface area contributed by atoms with Gasteiger partial charge in [0.15, 0.2) is 0 Å². The van der Waals surface area contributed by atoms with Crippen LogP contribution in [0.1, 0.15) is 40.5 Å². The second-order valence-corrected chi connectivity index (χ2v) is 9.84. The molecule has 1 aliphatic rings. The van der Waals surface area contributed by atoms with E-state index in [1.165, 1.54) is 4.31 Å². The van der Waals surface area contributed by atoms with E-state index in [1.54, 1.807) is 31.4 Å². The van der Waals surface area contributed by atoms with Gasteiger partial charge in [-0.05, 0) is 48.9 Å². The van der Waals surface area contributed by atoms with E-state index in [4.69, 9.17) is 4.74 Å². The summed E-state index contributed by atoms with van der Waals surface area (Å²) in [6, 6.07) is 6.45. The number of sulfonamides is 1. The zero-order valence-corrected chi connectivity index (χ0v) is 17.8. The number of nitrogens with one attached hydrogen (secondary N) is 1. The summed E-state index contributed by atoms with van der Waals surface area (Å²) in [5, 5.41) is 3.14. The molecule has 1 unspecified atom stereocenters. The molecule has 1 fully saturated rings. The van der Waals surface area contributed by atoms with Crippen LogP contribution in [0, 0.1) is 17.8 Å². The highest BCUT2D eigenvalue weighted by molar-refractivity contribution is 7.89. The fraction of sp³-hybridized carbons (Fsp3) is 0.650. The van der Waals surface area contributed by atoms with Crippen molar-refractivity contribution in [2.75, 3.05) is 20.2 Å². The maximum absolute atomic E-state index is 12.9. The summed E-state index contributed by atoms with van der Waals surface area (Å²) >= 11 is 0. The first-order chi connectivity index (χ1) is 12.7. The molecule has 0 aromatic heterocycles. The highest BCUT2D eigenvalue weighted by atomic mass is 32.2. The maximum atomic E-state index is 12.9. The van der Waals surface area contributed by atoms with Crippen molar-refractivity contribution in [1.82, 2.24) is 9.62 Å². The molecule has 1 heterocycles. The number of benzene rings is 1. The fourth-order valence-corrected chi connectivity index (χ4v) is 5.18. The smallest absolute Gasteiger partial charge is 0.243 e. The zero-order valence-electron chi connectivity index (χ0n) is 16.9. The first kappa shape index (κ1) is 21.7. The minimum atomic E-state index is -3.62. The average molecular weight is 397 g/mol. The summed E-state index contributed by atoms with van der Waals surface area (Å²) in [6.45, 7) is 9.02. The molecule has 1 atom stereocenters. The molecule has 7 heteroatoms. The Bertz CT molecular complexity index is 721. The molecule has 0 saturated carbocycles. The number of carbonyl (C=O) groups is 1. The lowest BCUT2D eigenvalue weighted by Gasteiger charge is -2.33. The molecule has 6 nitrogen and oxygen atoms in total. The van der Waals surface area contributed by atoms with Gasteiger partial charge in [0.2, 0.25) is 15.9 Å². The molecule has 1 aliphatic heterocycles. The van der Waals surface area contributed by atoms with Crippen LogP contribution in [0.15, 0.2) is 29.2 Å². The summed E-state index contributed by atoms with van der Waals surface area (Å²) in [7, 11) is -2.08. The molecule has 1 saturated heterocycles. The van der Waals surface area contributed by atoms with Gasteiger partial charge in [0.05, 0.1) is 17.9 Å². The first-order valence-electron chi connectivity index (χ1n) is 9.61. The number of hydrogen-bond acceptors (Lipinski definition) is 4. The van der Waals surface area contributed by atoms with Crippen LogP contribution >= 0.6 is 0 Å². The lowest BCUT2D eigenvalue weighted by molar-refractivity contribution is -0.127. The van der Waals surface area contributed by atoms with Gasteiger partial charge in [-0.15, -0.1) is 0 Å². The summed E-state index contributed by atoms with van der Waals surface area (Å²) in [6.07, 6.45) is 1.39. The summed E-state index contributed by atoms with van der Waals surface area (Å²) < 4.78 is 32.4. The van der Waals surface area contributed by atoms with Crippen molar-refractivity contribution >= 4 is 15.9 Å².